The zero-order valence-electron chi connectivity index (χ0n) is 11.2. The normalized spacial score (nSPS) is 10.5. The average Bonchev–Trinajstić information content (AvgIpc) is 3.19. The van der Waals surface area contributed by atoms with Gasteiger partial charge in [0, 0.05) is 17.0 Å². The first-order valence-electron chi connectivity index (χ1n) is 6.61. The molecule has 1 amide bonds. The van der Waals surface area contributed by atoms with Gasteiger partial charge in [0.2, 0.25) is 0 Å². The quantitative estimate of drug-likeness (QED) is 0.760. The molecule has 3 aromatic rings. The van der Waals surface area contributed by atoms with Crippen LogP contribution >= 0.6 is 11.3 Å². The fraction of sp³-hybridized carbons (Fsp3) is 0.133. The van der Waals surface area contributed by atoms with Gasteiger partial charge < -0.3 is 5.32 Å². The zero-order chi connectivity index (χ0) is 14.5. The Morgan fingerprint density at radius 2 is 2.00 bits per heavy atom. The predicted octanol–water partition coefficient (Wildman–Crippen LogP) is 2.51. The van der Waals surface area contributed by atoms with Crippen LogP contribution in [0, 0.1) is 0 Å². The minimum Gasteiger partial charge on any atom is -0.350 e. The molecule has 0 unspecified atom stereocenters. The lowest BCUT2D eigenvalue weighted by Crippen LogP contribution is -2.26. The van der Waals surface area contributed by atoms with Crippen LogP contribution in [-0.2, 0) is 6.42 Å². The number of thiophene rings is 1. The Morgan fingerprint density at radius 3 is 2.76 bits per heavy atom. The number of hydrogen-bond donors (Lipinski definition) is 2. The minimum atomic E-state index is -0.209. The maximum absolute atomic E-state index is 12.2. The lowest BCUT2D eigenvalue weighted by atomic mass is 10.1. The average molecular weight is 298 g/mol. The molecule has 0 atom stereocenters. The van der Waals surface area contributed by atoms with Crippen LogP contribution < -0.4 is 5.32 Å². The summed E-state index contributed by atoms with van der Waals surface area (Å²) < 4.78 is 0. The van der Waals surface area contributed by atoms with E-state index in [-0.39, 0.29) is 5.91 Å². The summed E-state index contributed by atoms with van der Waals surface area (Å²) in [6, 6.07) is 13.6. The second-order valence-corrected chi connectivity index (χ2v) is 5.50. The van der Waals surface area contributed by atoms with E-state index in [0.717, 1.165) is 12.0 Å². The van der Waals surface area contributed by atoms with Crippen molar-refractivity contribution in [3.8, 4) is 11.3 Å². The third-order valence-corrected chi connectivity index (χ3v) is 3.98. The number of carbonyl (C=O) groups excluding carboxylic acids is 1. The Morgan fingerprint density at radius 1 is 1.14 bits per heavy atom. The van der Waals surface area contributed by atoms with Gasteiger partial charge in [-0.1, -0.05) is 36.4 Å². The van der Waals surface area contributed by atoms with E-state index in [1.807, 2.05) is 41.8 Å². The number of aromatic amines is 1. The second-order valence-electron chi connectivity index (χ2n) is 4.47. The van der Waals surface area contributed by atoms with E-state index in [0.29, 0.717) is 17.9 Å². The first-order valence-corrected chi connectivity index (χ1v) is 7.49. The van der Waals surface area contributed by atoms with Gasteiger partial charge >= 0.3 is 0 Å². The monoisotopic (exact) mass is 298 g/mol. The Kier molecular flexibility index (Phi) is 4.07. The van der Waals surface area contributed by atoms with Crippen molar-refractivity contribution in [2.24, 2.45) is 0 Å². The highest BCUT2D eigenvalue weighted by Gasteiger charge is 2.17. The molecule has 6 heteroatoms. The maximum Gasteiger partial charge on any atom is 0.274 e. The molecular weight excluding hydrogens is 284 g/mol. The van der Waals surface area contributed by atoms with E-state index in [2.05, 4.69) is 26.8 Å². The molecule has 2 aromatic heterocycles. The van der Waals surface area contributed by atoms with Crippen LogP contribution in [0.2, 0.25) is 0 Å². The van der Waals surface area contributed by atoms with E-state index in [9.17, 15) is 4.79 Å². The summed E-state index contributed by atoms with van der Waals surface area (Å²) in [4.78, 5) is 13.4. The van der Waals surface area contributed by atoms with Crippen molar-refractivity contribution in [1.29, 1.82) is 0 Å². The van der Waals surface area contributed by atoms with Gasteiger partial charge in [-0.2, -0.15) is 15.4 Å². The number of H-pyrrole nitrogens is 1. The fourth-order valence-corrected chi connectivity index (χ4v) is 2.73. The summed E-state index contributed by atoms with van der Waals surface area (Å²) >= 11 is 1.69. The van der Waals surface area contributed by atoms with Gasteiger partial charge in [-0.3, -0.25) is 4.79 Å². The molecule has 0 radical (unpaired) electrons. The van der Waals surface area contributed by atoms with Crippen molar-refractivity contribution in [3.05, 3.63) is 58.4 Å². The highest BCUT2D eigenvalue weighted by molar-refractivity contribution is 7.09. The molecule has 1 aromatic carbocycles. The molecule has 2 heterocycles. The van der Waals surface area contributed by atoms with Gasteiger partial charge in [0.05, 0.1) is 0 Å². The van der Waals surface area contributed by atoms with E-state index in [4.69, 9.17) is 0 Å². The number of carbonyl (C=O) groups is 1. The van der Waals surface area contributed by atoms with Gasteiger partial charge in [0.1, 0.15) is 5.69 Å². The first kappa shape index (κ1) is 13.5. The number of amides is 1. The van der Waals surface area contributed by atoms with Crippen LogP contribution in [-0.4, -0.2) is 27.9 Å². The summed E-state index contributed by atoms with van der Waals surface area (Å²) in [7, 11) is 0. The lowest BCUT2D eigenvalue weighted by Gasteiger charge is -2.03. The summed E-state index contributed by atoms with van der Waals surface area (Å²) in [5.74, 6) is -0.209. The zero-order valence-corrected chi connectivity index (χ0v) is 12.1. The van der Waals surface area contributed by atoms with Gasteiger partial charge in [0.25, 0.3) is 5.91 Å². The standard InChI is InChI=1S/C15H14N4OS/c20-15(16-9-8-12-7-4-10-21-12)14-13(17-19-18-14)11-5-2-1-3-6-11/h1-7,10H,8-9H2,(H,16,20)(H,17,18,19). The third kappa shape index (κ3) is 3.17. The van der Waals surface area contributed by atoms with Crippen molar-refractivity contribution >= 4 is 17.2 Å². The van der Waals surface area contributed by atoms with Gasteiger partial charge in [0.15, 0.2) is 5.69 Å². The highest BCUT2D eigenvalue weighted by Crippen LogP contribution is 2.18. The minimum absolute atomic E-state index is 0.209. The molecule has 0 aliphatic rings. The van der Waals surface area contributed by atoms with Crippen LogP contribution in [0.5, 0.6) is 0 Å². The highest BCUT2D eigenvalue weighted by atomic mass is 32.1. The predicted molar refractivity (Wildman–Crippen MR) is 82.2 cm³/mol. The molecule has 0 spiro atoms. The van der Waals surface area contributed by atoms with Crippen molar-refractivity contribution in [2.75, 3.05) is 6.54 Å². The van der Waals surface area contributed by atoms with E-state index in [1.165, 1.54) is 4.88 Å². The summed E-state index contributed by atoms with van der Waals surface area (Å²) in [6.07, 6.45) is 0.821. The molecule has 0 bridgehead atoms. The smallest absolute Gasteiger partial charge is 0.274 e. The van der Waals surface area contributed by atoms with Crippen molar-refractivity contribution < 1.29 is 4.79 Å². The molecule has 0 aliphatic carbocycles. The molecule has 0 fully saturated rings. The lowest BCUT2D eigenvalue weighted by molar-refractivity contribution is 0.0950. The summed E-state index contributed by atoms with van der Waals surface area (Å²) in [6.45, 7) is 0.584. The second kappa shape index (κ2) is 6.32. The number of benzene rings is 1. The van der Waals surface area contributed by atoms with Crippen LogP contribution in [0.1, 0.15) is 15.4 Å². The Balaban J connectivity index is 1.67. The van der Waals surface area contributed by atoms with Gasteiger partial charge in [-0.25, -0.2) is 0 Å². The van der Waals surface area contributed by atoms with Crippen molar-refractivity contribution in [3.63, 3.8) is 0 Å². The number of aromatic nitrogens is 3. The number of hydrogen-bond acceptors (Lipinski definition) is 4. The van der Waals surface area contributed by atoms with Crippen molar-refractivity contribution in [2.45, 2.75) is 6.42 Å². The topological polar surface area (TPSA) is 70.7 Å². The van der Waals surface area contributed by atoms with Crippen LogP contribution in [0.15, 0.2) is 47.8 Å². The van der Waals surface area contributed by atoms with E-state index >= 15 is 0 Å². The Labute approximate surface area is 126 Å². The molecule has 5 nitrogen and oxygen atoms in total. The van der Waals surface area contributed by atoms with Gasteiger partial charge in [-0.15, -0.1) is 11.3 Å². The first-order chi connectivity index (χ1) is 10.3. The van der Waals surface area contributed by atoms with Crippen LogP contribution in [0.4, 0.5) is 0 Å². The van der Waals surface area contributed by atoms with Crippen LogP contribution in [0.3, 0.4) is 0 Å². The molecule has 0 saturated carbocycles. The molecule has 0 saturated heterocycles. The molecule has 2 N–H and O–H groups in total. The van der Waals surface area contributed by atoms with Gasteiger partial charge in [-0.05, 0) is 17.9 Å². The molecule has 21 heavy (non-hydrogen) atoms. The maximum atomic E-state index is 12.2. The molecular formula is C15H14N4OS. The third-order valence-electron chi connectivity index (χ3n) is 3.05. The Bertz CT molecular complexity index is 706. The Hall–Kier alpha value is -2.47. The molecule has 3 rings (SSSR count). The van der Waals surface area contributed by atoms with E-state index in [1.54, 1.807) is 11.3 Å². The largest absolute Gasteiger partial charge is 0.350 e. The van der Waals surface area contributed by atoms with Crippen LogP contribution in [0.25, 0.3) is 11.3 Å². The number of nitrogens with zero attached hydrogens (tertiary/aromatic N) is 2. The SMILES string of the molecule is O=C(NCCc1cccs1)c1n[nH]nc1-c1ccccc1. The molecule has 0 aliphatic heterocycles. The number of nitrogens with one attached hydrogen (secondary N) is 2. The summed E-state index contributed by atoms with van der Waals surface area (Å²) in [5.41, 5.74) is 1.77. The van der Waals surface area contributed by atoms with E-state index < -0.39 is 0 Å². The number of rotatable bonds is 5. The fourth-order valence-electron chi connectivity index (χ4n) is 2.02. The van der Waals surface area contributed by atoms with Crippen molar-refractivity contribution in [1.82, 2.24) is 20.7 Å². The summed E-state index contributed by atoms with van der Waals surface area (Å²) in [5, 5.41) is 15.5. The molecule has 106 valence electrons.